The molecule has 6 atom stereocenters. The van der Waals surface area contributed by atoms with Gasteiger partial charge in [0.15, 0.2) is 0 Å². The van der Waals surface area contributed by atoms with Gasteiger partial charge < -0.3 is 9.64 Å². The Balaban J connectivity index is 1.98. The number of unbranched alkanes of at least 4 members (excludes halogenated alkanes) is 3. The minimum atomic E-state index is -0.144. The summed E-state index contributed by atoms with van der Waals surface area (Å²) in [5, 5.41) is 0. The molecule has 0 bridgehead atoms. The molecule has 2 aliphatic carbocycles. The zero-order valence-corrected chi connectivity index (χ0v) is 26.1. The van der Waals surface area contributed by atoms with Gasteiger partial charge in [-0.05, 0) is 97.8 Å². The lowest BCUT2D eigenvalue weighted by molar-refractivity contribution is 0.0496. The predicted octanol–water partition coefficient (Wildman–Crippen LogP) is 9.71. The third kappa shape index (κ3) is 7.79. The van der Waals surface area contributed by atoms with E-state index in [1.807, 2.05) is 0 Å². The molecule has 216 valence electrons. The first kappa shape index (κ1) is 31.0. The Labute approximate surface area is 235 Å². The van der Waals surface area contributed by atoms with E-state index in [1.54, 1.807) is 0 Å². The van der Waals surface area contributed by atoms with Gasteiger partial charge >= 0.3 is 5.97 Å². The van der Waals surface area contributed by atoms with Gasteiger partial charge in [-0.1, -0.05) is 87.5 Å². The summed E-state index contributed by atoms with van der Waals surface area (Å²) in [6.07, 6.45) is 13.3. The van der Waals surface area contributed by atoms with E-state index < -0.39 is 0 Å². The summed E-state index contributed by atoms with van der Waals surface area (Å²) in [6.45, 7) is 19.6. The molecule has 0 saturated heterocycles. The molecule has 3 nitrogen and oxygen atoms in total. The molecule has 0 amide bonds. The summed E-state index contributed by atoms with van der Waals surface area (Å²) in [6, 6.07) is 7.84. The molecule has 2 aliphatic rings. The highest BCUT2D eigenvalue weighted by Crippen LogP contribution is 2.45. The van der Waals surface area contributed by atoms with Crippen molar-refractivity contribution in [2.75, 3.05) is 11.5 Å². The molecule has 2 saturated carbocycles. The van der Waals surface area contributed by atoms with Crippen LogP contribution in [-0.4, -0.2) is 24.7 Å². The summed E-state index contributed by atoms with van der Waals surface area (Å²) in [7, 11) is 0. The third-order valence-corrected chi connectivity index (χ3v) is 9.91. The zero-order chi connectivity index (χ0) is 27.8. The summed E-state index contributed by atoms with van der Waals surface area (Å²) < 4.78 is 5.72. The first-order valence-corrected chi connectivity index (χ1v) is 16.3. The van der Waals surface area contributed by atoms with Crippen molar-refractivity contribution in [2.24, 2.45) is 35.5 Å². The van der Waals surface area contributed by atoms with Crippen LogP contribution < -0.4 is 4.90 Å². The van der Waals surface area contributed by atoms with Crippen LogP contribution in [0.25, 0.3) is 0 Å². The monoisotopic (exact) mass is 525 g/mol. The van der Waals surface area contributed by atoms with Gasteiger partial charge in [-0.3, -0.25) is 0 Å². The maximum atomic E-state index is 13.1. The number of aryl methyl sites for hydroxylation is 1. The highest BCUT2D eigenvalue weighted by molar-refractivity contribution is 5.91. The van der Waals surface area contributed by atoms with Crippen LogP contribution in [-0.2, 0) is 11.2 Å². The molecule has 0 spiro atoms. The third-order valence-electron chi connectivity index (χ3n) is 9.91. The number of carbonyl (C=O) groups is 1. The maximum Gasteiger partial charge on any atom is 0.338 e. The molecule has 2 fully saturated rings. The number of esters is 1. The predicted molar refractivity (Wildman–Crippen MR) is 163 cm³/mol. The molecular weight excluding hydrogens is 466 g/mol. The normalized spacial score (nSPS) is 28.1. The van der Waals surface area contributed by atoms with Crippen molar-refractivity contribution >= 4 is 11.7 Å². The van der Waals surface area contributed by atoms with Gasteiger partial charge in [-0.15, -0.1) is 0 Å². The van der Waals surface area contributed by atoms with Crippen molar-refractivity contribution in [3.8, 4) is 0 Å². The summed E-state index contributed by atoms with van der Waals surface area (Å²) in [4.78, 5) is 16.0. The van der Waals surface area contributed by atoms with Gasteiger partial charge in [-0.25, -0.2) is 4.79 Å². The van der Waals surface area contributed by atoms with E-state index in [0.29, 0.717) is 42.4 Å². The number of anilines is 1. The Bertz CT molecular complexity index is 829. The Hall–Kier alpha value is -1.51. The average molecular weight is 526 g/mol. The van der Waals surface area contributed by atoms with Crippen molar-refractivity contribution in [1.29, 1.82) is 0 Å². The fourth-order valence-electron chi connectivity index (χ4n) is 7.58. The zero-order valence-electron chi connectivity index (χ0n) is 26.1. The van der Waals surface area contributed by atoms with Crippen molar-refractivity contribution in [3.05, 3.63) is 29.3 Å². The second-order valence-electron chi connectivity index (χ2n) is 13.6. The van der Waals surface area contributed by atoms with E-state index in [2.05, 4.69) is 78.5 Å². The van der Waals surface area contributed by atoms with E-state index in [-0.39, 0.29) is 5.97 Å². The lowest BCUT2D eigenvalue weighted by Gasteiger charge is -2.53. The first-order chi connectivity index (χ1) is 18.2. The Morgan fingerprint density at radius 3 is 1.95 bits per heavy atom. The molecule has 0 N–H and O–H groups in total. The van der Waals surface area contributed by atoms with E-state index in [0.717, 1.165) is 42.2 Å². The van der Waals surface area contributed by atoms with Crippen LogP contribution in [0, 0.1) is 35.5 Å². The number of rotatable bonds is 12. The minimum absolute atomic E-state index is 0.144. The van der Waals surface area contributed by atoms with Crippen LogP contribution in [0.1, 0.15) is 136 Å². The average Bonchev–Trinajstić information content (AvgIpc) is 2.88. The van der Waals surface area contributed by atoms with Gasteiger partial charge in [0.25, 0.3) is 0 Å². The van der Waals surface area contributed by atoms with Crippen molar-refractivity contribution in [3.63, 3.8) is 0 Å². The molecule has 3 rings (SSSR count). The van der Waals surface area contributed by atoms with Crippen LogP contribution >= 0.6 is 0 Å². The second-order valence-corrected chi connectivity index (χ2v) is 13.6. The highest BCUT2D eigenvalue weighted by Gasteiger charge is 2.42. The largest absolute Gasteiger partial charge is 0.462 e. The van der Waals surface area contributed by atoms with E-state index in [4.69, 9.17) is 4.74 Å². The van der Waals surface area contributed by atoms with Gasteiger partial charge in [-0.2, -0.15) is 0 Å². The first-order valence-electron chi connectivity index (χ1n) is 16.3. The summed E-state index contributed by atoms with van der Waals surface area (Å²) >= 11 is 0. The quantitative estimate of drug-likeness (QED) is 0.201. The SMILES string of the molecule is CCCCCCOC(=O)c1ccc(N(C2CC(C)CCC2C(C)C)C2CC(C)CCC2C(C)C)cc1CC. The van der Waals surface area contributed by atoms with Gasteiger partial charge in [0.05, 0.1) is 12.2 Å². The van der Waals surface area contributed by atoms with E-state index in [9.17, 15) is 4.79 Å². The maximum absolute atomic E-state index is 13.1. The van der Waals surface area contributed by atoms with Gasteiger partial charge in [0, 0.05) is 17.8 Å². The molecule has 0 aliphatic heterocycles. The van der Waals surface area contributed by atoms with Crippen molar-refractivity contribution < 1.29 is 9.53 Å². The number of hydrogen-bond donors (Lipinski definition) is 0. The van der Waals surface area contributed by atoms with E-state index in [1.165, 1.54) is 57.1 Å². The summed E-state index contributed by atoms with van der Waals surface area (Å²) in [5.74, 6) is 4.19. The number of nitrogens with zero attached hydrogens (tertiary/aromatic N) is 1. The second kappa shape index (κ2) is 14.8. The smallest absolute Gasteiger partial charge is 0.338 e. The summed E-state index contributed by atoms with van der Waals surface area (Å²) in [5.41, 5.74) is 3.25. The van der Waals surface area contributed by atoms with Crippen LogP contribution in [0.3, 0.4) is 0 Å². The number of benzene rings is 1. The fourth-order valence-corrected chi connectivity index (χ4v) is 7.58. The van der Waals surface area contributed by atoms with Crippen LogP contribution in [0.5, 0.6) is 0 Å². The minimum Gasteiger partial charge on any atom is -0.462 e. The van der Waals surface area contributed by atoms with E-state index >= 15 is 0 Å². The molecule has 0 radical (unpaired) electrons. The fraction of sp³-hybridized carbons (Fsp3) is 0.800. The number of carbonyl (C=O) groups excluding carboxylic acids is 1. The van der Waals surface area contributed by atoms with Gasteiger partial charge in [0.1, 0.15) is 0 Å². The number of ether oxygens (including phenoxy) is 1. The van der Waals surface area contributed by atoms with Gasteiger partial charge in [0.2, 0.25) is 0 Å². The molecule has 0 aromatic heterocycles. The van der Waals surface area contributed by atoms with Crippen molar-refractivity contribution in [2.45, 2.75) is 138 Å². The molecule has 1 aromatic rings. The standard InChI is InChI=1S/C35H59NO2/c1-9-11-12-13-20-38-35(37)32-19-16-29(23-28(32)10-2)36(33-21-26(7)14-17-30(33)24(3)4)34-22-27(8)15-18-31(34)25(5)6/h16,19,23-27,30-31,33-34H,9-15,17-18,20-22H2,1-8H3. The lowest BCUT2D eigenvalue weighted by atomic mass is 9.69. The Morgan fingerprint density at radius 1 is 0.868 bits per heavy atom. The van der Waals surface area contributed by atoms with Crippen LogP contribution in [0.2, 0.25) is 0 Å². The molecule has 0 heterocycles. The highest BCUT2D eigenvalue weighted by atomic mass is 16.5. The topological polar surface area (TPSA) is 29.5 Å². The van der Waals surface area contributed by atoms with Crippen LogP contribution in [0.15, 0.2) is 18.2 Å². The molecule has 6 unspecified atom stereocenters. The Morgan fingerprint density at radius 2 is 1.45 bits per heavy atom. The van der Waals surface area contributed by atoms with Crippen molar-refractivity contribution in [1.82, 2.24) is 0 Å². The molecule has 1 aromatic carbocycles. The van der Waals surface area contributed by atoms with Crippen LogP contribution in [0.4, 0.5) is 5.69 Å². The molecule has 38 heavy (non-hydrogen) atoms. The number of hydrogen-bond acceptors (Lipinski definition) is 3. The lowest BCUT2D eigenvalue weighted by Crippen LogP contribution is -2.55. The molecular formula is C35H59NO2. The molecule has 3 heteroatoms. The Kier molecular flexibility index (Phi) is 12.0.